The quantitative estimate of drug-likeness (QED) is 0.572. The molecule has 8 heteroatoms. The summed E-state index contributed by atoms with van der Waals surface area (Å²) in [6.07, 6.45) is 2.63. The Hall–Kier alpha value is -3.00. The molecule has 1 aromatic heterocycles. The molecule has 6 nitrogen and oxygen atoms in total. The molecule has 0 radical (unpaired) electrons. The zero-order valence-electron chi connectivity index (χ0n) is 14.8. The van der Waals surface area contributed by atoms with E-state index in [1.165, 1.54) is 35.7 Å². The second kappa shape index (κ2) is 9.63. The normalized spacial score (nSPS) is 10.6. The average Bonchev–Trinajstić information content (AvgIpc) is 3.04. The van der Waals surface area contributed by atoms with Gasteiger partial charge in [0.2, 0.25) is 5.91 Å². The number of amides is 1. The van der Waals surface area contributed by atoms with Gasteiger partial charge in [-0.15, -0.1) is 11.3 Å². The summed E-state index contributed by atoms with van der Waals surface area (Å²) < 4.78 is 23.1. The minimum absolute atomic E-state index is 0.0321. The maximum Gasteiger partial charge on any atom is 0.342 e. The molecule has 0 bridgehead atoms. The third-order valence-electron chi connectivity index (χ3n) is 3.28. The van der Waals surface area contributed by atoms with Crippen molar-refractivity contribution >= 4 is 40.3 Å². The van der Waals surface area contributed by atoms with Gasteiger partial charge >= 0.3 is 11.9 Å². The molecule has 2 rings (SSSR count). The third-order valence-corrected chi connectivity index (χ3v) is 4.17. The Bertz CT molecular complexity index is 875. The number of carbonyl (C=O) groups is 3. The second-order valence-electron chi connectivity index (χ2n) is 5.17. The van der Waals surface area contributed by atoms with Gasteiger partial charge in [-0.25, -0.2) is 14.0 Å². The first-order chi connectivity index (χ1) is 13.0. The van der Waals surface area contributed by atoms with Gasteiger partial charge in [0, 0.05) is 11.5 Å². The van der Waals surface area contributed by atoms with Crippen LogP contribution in [0.2, 0.25) is 0 Å². The number of ether oxygens (including phenoxy) is 2. The molecule has 2 aromatic rings. The molecule has 142 valence electrons. The van der Waals surface area contributed by atoms with E-state index in [1.54, 1.807) is 19.9 Å². The fourth-order valence-corrected chi connectivity index (χ4v) is 3.07. The number of hydrogen-bond acceptors (Lipinski definition) is 6. The third kappa shape index (κ3) is 5.49. The van der Waals surface area contributed by atoms with Crippen molar-refractivity contribution in [1.29, 1.82) is 0 Å². The van der Waals surface area contributed by atoms with E-state index in [0.29, 0.717) is 5.56 Å². The van der Waals surface area contributed by atoms with Gasteiger partial charge in [-0.05, 0) is 37.6 Å². The van der Waals surface area contributed by atoms with Crippen molar-refractivity contribution in [2.75, 3.05) is 18.5 Å². The fraction of sp³-hybridized carbons (Fsp3) is 0.211. The Morgan fingerprint density at radius 1 is 1.15 bits per heavy atom. The van der Waals surface area contributed by atoms with E-state index in [0.717, 1.165) is 11.3 Å². The van der Waals surface area contributed by atoms with E-state index < -0.39 is 23.7 Å². The number of anilines is 1. The van der Waals surface area contributed by atoms with Gasteiger partial charge in [0.25, 0.3) is 0 Å². The highest BCUT2D eigenvalue weighted by Crippen LogP contribution is 2.30. The molecule has 0 spiro atoms. The number of esters is 2. The molecule has 1 aromatic carbocycles. The Kier molecular flexibility index (Phi) is 7.25. The van der Waals surface area contributed by atoms with E-state index in [-0.39, 0.29) is 29.3 Å². The van der Waals surface area contributed by atoms with Crippen LogP contribution in [0.1, 0.15) is 40.1 Å². The molecular weight excluding hydrogens is 373 g/mol. The Morgan fingerprint density at radius 2 is 1.85 bits per heavy atom. The largest absolute Gasteiger partial charge is 0.462 e. The van der Waals surface area contributed by atoms with E-state index in [1.807, 2.05) is 0 Å². The smallest absolute Gasteiger partial charge is 0.342 e. The first-order valence-corrected chi connectivity index (χ1v) is 9.04. The van der Waals surface area contributed by atoms with Crippen molar-refractivity contribution in [3.8, 4) is 0 Å². The topological polar surface area (TPSA) is 81.7 Å². The Labute approximate surface area is 159 Å². The SMILES string of the molecule is CCOC(=O)c1csc(NC(=O)/C=C/c2cccc(F)c2)c1C(=O)OCC. The molecule has 1 heterocycles. The summed E-state index contributed by atoms with van der Waals surface area (Å²) in [6, 6.07) is 5.74. The highest BCUT2D eigenvalue weighted by molar-refractivity contribution is 7.15. The highest BCUT2D eigenvalue weighted by Gasteiger charge is 2.26. The lowest BCUT2D eigenvalue weighted by atomic mass is 10.2. The molecule has 1 N–H and O–H groups in total. The van der Waals surface area contributed by atoms with Crippen LogP contribution in [0.25, 0.3) is 6.08 Å². The number of benzene rings is 1. The summed E-state index contributed by atoms with van der Waals surface area (Å²) in [5, 5.41) is 4.14. The molecule has 0 aliphatic heterocycles. The summed E-state index contributed by atoms with van der Waals surface area (Å²) in [4.78, 5) is 36.4. The van der Waals surface area contributed by atoms with Crippen LogP contribution < -0.4 is 5.32 Å². The van der Waals surface area contributed by atoms with Crippen molar-refractivity contribution in [3.63, 3.8) is 0 Å². The lowest BCUT2D eigenvalue weighted by Crippen LogP contribution is -2.15. The van der Waals surface area contributed by atoms with Gasteiger partial charge in [-0.3, -0.25) is 4.79 Å². The maximum atomic E-state index is 13.2. The monoisotopic (exact) mass is 391 g/mol. The lowest BCUT2D eigenvalue weighted by Gasteiger charge is -2.07. The Balaban J connectivity index is 2.22. The van der Waals surface area contributed by atoms with E-state index in [2.05, 4.69) is 5.32 Å². The molecule has 0 saturated heterocycles. The van der Waals surface area contributed by atoms with Crippen LogP contribution in [0.15, 0.2) is 35.7 Å². The van der Waals surface area contributed by atoms with Gasteiger partial charge in [0.15, 0.2) is 0 Å². The summed E-state index contributed by atoms with van der Waals surface area (Å²) in [5.74, 6) is -2.36. The molecule has 1 amide bonds. The van der Waals surface area contributed by atoms with Crippen LogP contribution in [-0.4, -0.2) is 31.1 Å². The summed E-state index contributed by atoms with van der Waals surface area (Å²) in [7, 11) is 0. The average molecular weight is 391 g/mol. The van der Waals surface area contributed by atoms with Crippen molar-refractivity contribution in [1.82, 2.24) is 0 Å². The van der Waals surface area contributed by atoms with Crippen LogP contribution in [0.3, 0.4) is 0 Å². The molecule has 0 fully saturated rings. The molecule has 27 heavy (non-hydrogen) atoms. The number of thiophene rings is 1. The van der Waals surface area contributed by atoms with Crippen molar-refractivity contribution in [2.24, 2.45) is 0 Å². The molecule has 0 aliphatic carbocycles. The first-order valence-electron chi connectivity index (χ1n) is 8.16. The fourth-order valence-electron chi connectivity index (χ4n) is 2.15. The molecule has 0 unspecified atom stereocenters. The summed E-state index contributed by atoms with van der Waals surface area (Å²) in [5.41, 5.74) is 0.492. The van der Waals surface area contributed by atoms with Crippen LogP contribution in [-0.2, 0) is 14.3 Å². The van der Waals surface area contributed by atoms with Crippen LogP contribution in [0.5, 0.6) is 0 Å². The standard InChI is InChI=1S/C19H18FNO5S/c1-3-25-18(23)14-11-27-17(16(14)19(24)26-4-2)21-15(22)9-8-12-6-5-7-13(20)10-12/h5-11H,3-4H2,1-2H3,(H,21,22)/b9-8+. The summed E-state index contributed by atoms with van der Waals surface area (Å²) >= 11 is 1.01. The number of hydrogen-bond donors (Lipinski definition) is 1. The zero-order valence-corrected chi connectivity index (χ0v) is 15.6. The van der Waals surface area contributed by atoms with Crippen molar-refractivity contribution < 1.29 is 28.2 Å². The van der Waals surface area contributed by atoms with Crippen molar-refractivity contribution in [2.45, 2.75) is 13.8 Å². The highest BCUT2D eigenvalue weighted by atomic mass is 32.1. The van der Waals surface area contributed by atoms with E-state index in [9.17, 15) is 18.8 Å². The molecular formula is C19H18FNO5S. The van der Waals surface area contributed by atoms with E-state index in [4.69, 9.17) is 9.47 Å². The predicted molar refractivity (Wildman–Crippen MR) is 100 cm³/mol. The van der Waals surface area contributed by atoms with Gasteiger partial charge in [-0.2, -0.15) is 0 Å². The van der Waals surface area contributed by atoms with Gasteiger partial charge < -0.3 is 14.8 Å². The lowest BCUT2D eigenvalue weighted by molar-refractivity contribution is -0.111. The van der Waals surface area contributed by atoms with Crippen LogP contribution >= 0.6 is 11.3 Å². The number of halogens is 1. The van der Waals surface area contributed by atoms with Gasteiger partial charge in [-0.1, -0.05) is 12.1 Å². The van der Waals surface area contributed by atoms with Gasteiger partial charge in [0.05, 0.1) is 18.8 Å². The maximum absolute atomic E-state index is 13.2. The molecule has 0 saturated carbocycles. The first kappa shape index (κ1) is 20.3. The van der Waals surface area contributed by atoms with E-state index >= 15 is 0 Å². The molecule has 0 atom stereocenters. The molecule has 0 aliphatic rings. The Morgan fingerprint density at radius 3 is 2.52 bits per heavy atom. The minimum atomic E-state index is -0.730. The second-order valence-corrected chi connectivity index (χ2v) is 6.05. The summed E-state index contributed by atoms with van der Waals surface area (Å²) in [6.45, 7) is 3.54. The van der Waals surface area contributed by atoms with Crippen LogP contribution in [0, 0.1) is 5.82 Å². The number of carbonyl (C=O) groups excluding carboxylic acids is 3. The van der Waals surface area contributed by atoms with Crippen molar-refractivity contribution in [3.05, 3.63) is 58.2 Å². The van der Waals surface area contributed by atoms with Gasteiger partial charge in [0.1, 0.15) is 16.4 Å². The predicted octanol–water partition coefficient (Wildman–Crippen LogP) is 3.89. The zero-order chi connectivity index (χ0) is 19.8. The van der Waals surface area contributed by atoms with Crippen LogP contribution in [0.4, 0.5) is 9.39 Å². The number of nitrogens with one attached hydrogen (secondary N) is 1. The minimum Gasteiger partial charge on any atom is -0.462 e. The number of rotatable bonds is 7.